The van der Waals surface area contributed by atoms with Gasteiger partial charge in [0.1, 0.15) is 16.7 Å². The molecule has 2 aromatic heterocycles. The second-order valence-corrected chi connectivity index (χ2v) is 4.99. The van der Waals surface area contributed by atoms with Gasteiger partial charge in [-0.05, 0) is 0 Å². The van der Waals surface area contributed by atoms with Gasteiger partial charge in [-0.3, -0.25) is 5.32 Å². The zero-order chi connectivity index (χ0) is 14.5. The van der Waals surface area contributed by atoms with Gasteiger partial charge in [-0.1, -0.05) is 29.9 Å². The Labute approximate surface area is 123 Å². The van der Waals surface area contributed by atoms with Crippen LogP contribution in [-0.4, -0.2) is 16.0 Å². The first-order valence-electron chi connectivity index (χ1n) is 5.67. The van der Waals surface area contributed by atoms with Crippen LogP contribution >= 0.6 is 22.9 Å². The first kappa shape index (κ1) is 14.3. The number of nitrogens with one attached hydrogen (secondary N) is 2. The van der Waals surface area contributed by atoms with Gasteiger partial charge in [-0.2, -0.15) is 5.26 Å². The van der Waals surface area contributed by atoms with Crippen molar-refractivity contribution in [2.45, 2.75) is 19.9 Å². The Hall–Kier alpha value is -2.11. The molecule has 2 aromatic rings. The number of rotatable bonds is 4. The van der Waals surface area contributed by atoms with Crippen LogP contribution in [0.25, 0.3) is 0 Å². The molecule has 0 saturated carbocycles. The van der Waals surface area contributed by atoms with E-state index in [1.807, 2.05) is 13.0 Å². The van der Waals surface area contributed by atoms with Gasteiger partial charge in [-0.15, -0.1) is 0 Å². The van der Waals surface area contributed by atoms with Crippen molar-refractivity contribution in [1.29, 1.82) is 5.26 Å². The molecule has 2 amide bonds. The summed E-state index contributed by atoms with van der Waals surface area (Å²) in [6.07, 6.45) is 2.36. The molecule has 2 rings (SSSR count). The molecule has 0 bridgehead atoms. The number of hydrogen-bond donors (Lipinski definition) is 2. The minimum atomic E-state index is -0.476. The number of amides is 2. The van der Waals surface area contributed by atoms with Crippen molar-refractivity contribution in [1.82, 2.24) is 15.3 Å². The molecule has 0 spiro atoms. The number of hydrogen-bond acceptors (Lipinski definition) is 6. The van der Waals surface area contributed by atoms with Crippen molar-refractivity contribution < 1.29 is 9.21 Å². The van der Waals surface area contributed by atoms with Gasteiger partial charge in [0.2, 0.25) is 5.89 Å². The van der Waals surface area contributed by atoms with Crippen LogP contribution in [0.5, 0.6) is 0 Å². The molecular formula is C11H10ClN5O2S. The summed E-state index contributed by atoms with van der Waals surface area (Å²) in [5.74, 6) is 1.18. The van der Waals surface area contributed by atoms with E-state index in [9.17, 15) is 4.79 Å². The second-order valence-electron chi connectivity index (χ2n) is 3.63. The number of thiazole rings is 1. The maximum absolute atomic E-state index is 11.6. The van der Waals surface area contributed by atoms with Crippen LogP contribution in [0.15, 0.2) is 10.6 Å². The van der Waals surface area contributed by atoms with Gasteiger partial charge in [-0.25, -0.2) is 14.8 Å². The fourth-order valence-electron chi connectivity index (χ4n) is 1.31. The topological polar surface area (TPSA) is 104 Å². The van der Waals surface area contributed by atoms with Crippen molar-refractivity contribution in [2.24, 2.45) is 0 Å². The molecule has 0 radical (unpaired) electrons. The highest BCUT2D eigenvalue weighted by molar-refractivity contribution is 7.16. The summed E-state index contributed by atoms with van der Waals surface area (Å²) in [6.45, 7) is 2.11. The van der Waals surface area contributed by atoms with Crippen molar-refractivity contribution in [3.63, 3.8) is 0 Å². The number of nitrogens with zero attached hydrogens (tertiary/aromatic N) is 3. The quantitative estimate of drug-likeness (QED) is 0.903. The number of urea groups is 1. The van der Waals surface area contributed by atoms with E-state index in [1.54, 1.807) is 6.20 Å². The number of carbonyl (C=O) groups excluding carboxylic acids is 1. The molecule has 0 aliphatic heterocycles. The maximum Gasteiger partial charge on any atom is 0.321 e. The average Bonchev–Trinajstić information content (AvgIpc) is 3.02. The lowest BCUT2D eigenvalue weighted by Gasteiger charge is -2.02. The number of aryl methyl sites for hydroxylation is 1. The molecule has 0 saturated heterocycles. The van der Waals surface area contributed by atoms with Crippen LogP contribution in [0, 0.1) is 11.3 Å². The molecule has 104 valence electrons. The Morgan fingerprint density at radius 3 is 3.05 bits per heavy atom. The monoisotopic (exact) mass is 311 g/mol. The van der Waals surface area contributed by atoms with Crippen molar-refractivity contribution >= 4 is 34.1 Å². The Morgan fingerprint density at radius 1 is 1.65 bits per heavy atom. The molecule has 2 N–H and O–H groups in total. The fraction of sp³-hybridized carbons (Fsp3) is 0.273. The van der Waals surface area contributed by atoms with Crippen molar-refractivity contribution in [3.05, 3.63) is 27.9 Å². The highest BCUT2D eigenvalue weighted by atomic mass is 35.5. The third kappa shape index (κ3) is 3.46. The zero-order valence-electron chi connectivity index (χ0n) is 10.4. The number of halogens is 1. The maximum atomic E-state index is 11.6. The highest BCUT2D eigenvalue weighted by Gasteiger charge is 2.11. The van der Waals surface area contributed by atoms with Crippen molar-refractivity contribution in [3.8, 4) is 6.07 Å². The molecule has 0 atom stereocenters. The summed E-state index contributed by atoms with van der Waals surface area (Å²) in [5, 5.41) is 14.1. The van der Waals surface area contributed by atoms with E-state index in [0.29, 0.717) is 5.89 Å². The molecule has 2 heterocycles. The first-order valence-corrected chi connectivity index (χ1v) is 6.86. The number of anilines is 1. The number of carbonyl (C=O) groups is 1. The molecule has 0 fully saturated rings. The summed E-state index contributed by atoms with van der Waals surface area (Å²) in [6, 6.07) is 1.41. The summed E-state index contributed by atoms with van der Waals surface area (Å²) in [7, 11) is 0. The van der Waals surface area contributed by atoms with Gasteiger partial charge in [0.05, 0.1) is 12.7 Å². The molecule has 0 unspecified atom stereocenters. The summed E-state index contributed by atoms with van der Waals surface area (Å²) in [5.41, 5.74) is 0. The smallest absolute Gasteiger partial charge is 0.321 e. The van der Waals surface area contributed by atoms with E-state index >= 15 is 0 Å². The minimum absolute atomic E-state index is 0.0769. The van der Waals surface area contributed by atoms with Crippen LogP contribution in [0.3, 0.4) is 0 Å². The van der Waals surface area contributed by atoms with Crippen LogP contribution < -0.4 is 10.6 Å². The molecule has 20 heavy (non-hydrogen) atoms. The predicted octanol–water partition coefficient (Wildman–Crippen LogP) is 2.54. The average molecular weight is 312 g/mol. The van der Waals surface area contributed by atoms with Gasteiger partial charge < -0.3 is 9.73 Å². The second kappa shape index (κ2) is 6.36. The summed E-state index contributed by atoms with van der Waals surface area (Å²) >= 11 is 6.70. The van der Waals surface area contributed by atoms with Gasteiger partial charge in [0, 0.05) is 6.42 Å². The minimum Gasteiger partial charge on any atom is -0.444 e. The van der Waals surface area contributed by atoms with E-state index in [2.05, 4.69) is 20.6 Å². The van der Waals surface area contributed by atoms with Crippen LogP contribution in [0.2, 0.25) is 5.15 Å². The Balaban J connectivity index is 1.87. The molecule has 7 nitrogen and oxygen atoms in total. The number of nitriles is 1. The number of aromatic nitrogens is 2. The first-order chi connectivity index (χ1) is 9.62. The molecule has 9 heteroatoms. The molecule has 0 aliphatic rings. The van der Waals surface area contributed by atoms with Crippen molar-refractivity contribution in [2.75, 3.05) is 5.32 Å². The Bertz CT molecular complexity index is 660. The molecule has 0 aromatic carbocycles. The van der Waals surface area contributed by atoms with E-state index in [-0.39, 0.29) is 21.7 Å². The van der Waals surface area contributed by atoms with Gasteiger partial charge in [0.15, 0.2) is 10.3 Å². The SMILES string of the molecule is CCc1cnc(CNC(=O)Nc2nc(Cl)c(C#N)s2)o1. The molecule has 0 aliphatic carbocycles. The van der Waals surface area contributed by atoms with Gasteiger partial charge >= 0.3 is 6.03 Å². The predicted molar refractivity (Wildman–Crippen MR) is 73.6 cm³/mol. The normalized spacial score (nSPS) is 10.1. The van der Waals surface area contributed by atoms with E-state index < -0.39 is 6.03 Å². The summed E-state index contributed by atoms with van der Waals surface area (Å²) in [4.78, 5) is 19.7. The van der Waals surface area contributed by atoms with Crippen LogP contribution in [0.1, 0.15) is 23.5 Å². The fourth-order valence-corrected chi connectivity index (χ4v) is 2.26. The highest BCUT2D eigenvalue weighted by Crippen LogP contribution is 2.25. The van der Waals surface area contributed by atoms with E-state index in [0.717, 1.165) is 23.5 Å². The third-order valence-electron chi connectivity index (χ3n) is 2.26. The van der Waals surface area contributed by atoms with E-state index in [4.69, 9.17) is 21.3 Å². The van der Waals surface area contributed by atoms with Crippen LogP contribution in [-0.2, 0) is 13.0 Å². The Kier molecular flexibility index (Phi) is 4.55. The number of oxazole rings is 1. The Morgan fingerprint density at radius 2 is 2.45 bits per heavy atom. The molecular weight excluding hydrogens is 302 g/mol. The lowest BCUT2D eigenvalue weighted by molar-refractivity contribution is 0.250. The lowest BCUT2D eigenvalue weighted by Crippen LogP contribution is -2.28. The largest absolute Gasteiger partial charge is 0.444 e. The standard InChI is InChI=1S/C11H10ClN5O2S/c1-2-6-4-14-8(19-6)5-15-10(18)17-11-16-9(12)7(3-13)20-11/h4H,2,5H2,1H3,(H2,15,16,17,18). The summed E-state index contributed by atoms with van der Waals surface area (Å²) < 4.78 is 5.34. The van der Waals surface area contributed by atoms with E-state index in [1.165, 1.54) is 0 Å². The van der Waals surface area contributed by atoms with Gasteiger partial charge in [0.25, 0.3) is 0 Å². The third-order valence-corrected chi connectivity index (χ3v) is 3.52. The van der Waals surface area contributed by atoms with Crippen LogP contribution in [0.4, 0.5) is 9.93 Å². The lowest BCUT2D eigenvalue weighted by atomic mass is 10.4. The zero-order valence-corrected chi connectivity index (χ0v) is 12.0.